The van der Waals surface area contributed by atoms with Crippen molar-refractivity contribution in [2.75, 3.05) is 12.4 Å². The minimum Gasteiger partial charge on any atom is -0.364 e. The number of anilines is 1. The summed E-state index contributed by atoms with van der Waals surface area (Å²) in [6.07, 6.45) is 1.51. The molecular formula is C20H29N3O2. The van der Waals surface area contributed by atoms with Gasteiger partial charge in [-0.05, 0) is 28.0 Å². The summed E-state index contributed by atoms with van der Waals surface area (Å²) < 4.78 is 4.82. The highest BCUT2D eigenvalue weighted by molar-refractivity contribution is 5.90. The fourth-order valence-electron chi connectivity index (χ4n) is 2.61. The minimum absolute atomic E-state index is 0.0164. The maximum Gasteiger partial charge on any atom is 0.321 e. The quantitative estimate of drug-likeness (QED) is 0.859. The van der Waals surface area contributed by atoms with Gasteiger partial charge in [-0.2, -0.15) is 0 Å². The van der Waals surface area contributed by atoms with Gasteiger partial charge in [-0.3, -0.25) is 0 Å². The number of aromatic nitrogens is 1. The fraction of sp³-hybridized carbons (Fsp3) is 0.500. The van der Waals surface area contributed by atoms with Gasteiger partial charge < -0.3 is 14.7 Å². The van der Waals surface area contributed by atoms with Crippen LogP contribution in [0.4, 0.5) is 10.5 Å². The maximum absolute atomic E-state index is 12.6. The lowest BCUT2D eigenvalue weighted by molar-refractivity contribution is 0.219. The first-order chi connectivity index (χ1) is 11.5. The summed E-state index contributed by atoms with van der Waals surface area (Å²) in [6, 6.07) is 7.94. The zero-order valence-electron chi connectivity index (χ0n) is 16.3. The van der Waals surface area contributed by atoms with Crippen LogP contribution in [0, 0.1) is 0 Å². The second kappa shape index (κ2) is 6.90. The molecule has 2 amide bonds. The lowest BCUT2D eigenvalue weighted by Crippen LogP contribution is -2.32. The number of rotatable bonds is 3. The molecule has 0 spiro atoms. The van der Waals surface area contributed by atoms with Gasteiger partial charge in [0, 0.05) is 18.8 Å². The Labute approximate surface area is 150 Å². The van der Waals surface area contributed by atoms with Crippen molar-refractivity contribution in [1.82, 2.24) is 10.1 Å². The average molecular weight is 343 g/mol. The summed E-state index contributed by atoms with van der Waals surface area (Å²) in [5.74, 6) is 0. The first-order valence-corrected chi connectivity index (χ1v) is 8.55. The van der Waals surface area contributed by atoms with Crippen LogP contribution in [0.1, 0.15) is 58.4 Å². The van der Waals surface area contributed by atoms with Gasteiger partial charge in [0.25, 0.3) is 0 Å². The Balaban J connectivity index is 2.27. The third-order valence-corrected chi connectivity index (χ3v) is 4.17. The van der Waals surface area contributed by atoms with Gasteiger partial charge in [-0.25, -0.2) is 4.79 Å². The SMILES string of the molecule is CN(Cc1ccon1)C(=O)Nc1cc(C(C)(C)C)ccc1C(C)(C)C. The number of hydrogen-bond acceptors (Lipinski definition) is 3. The first kappa shape index (κ1) is 19.0. The van der Waals surface area contributed by atoms with E-state index in [1.54, 1.807) is 18.0 Å². The first-order valence-electron chi connectivity index (χ1n) is 8.55. The highest BCUT2D eigenvalue weighted by atomic mass is 16.5. The van der Waals surface area contributed by atoms with E-state index in [2.05, 4.69) is 70.2 Å². The Morgan fingerprint density at radius 3 is 2.32 bits per heavy atom. The third-order valence-electron chi connectivity index (χ3n) is 4.17. The standard InChI is InChI=1S/C20H29N3O2/c1-19(2,3)14-8-9-16(20(4,5)6)17(12-14)21-18(24)23(7)13-15-10-11-25-22-15/h8-12H,13H2,1-7H3,(H,21,24). The molecule has 0 radical (unpaired) electrons. The lowest BCUT2D eigenvalue weighted by atomic mass is 9.81. The second-order valence-corrected chi connectivity index (χ2v) is 8.54. The Hall–Kier alpha value is -2.30. The predicted octanol–water partition coefficient (Wildman–Crippen LogP) is 4.93. The van der Waals surface area contributed by atoms with Crippen LogP contribution in [0.25, 0.3) is 0 Å². The molecule has 0 atom stereocenters. The average Bonchev–Trinajstić information content (AvgIpc) is 2.97. The molecule has 0 aliphatic heterocycles. The van der Waals surface area contributed by atoms with E-state index in [-0.39, 0.29) is 16.9 Å². The Morgan fingerprint density at radius 2 is 1.80 bits per heavy atom. The normalized spacial score (nSPS) is 12.1. The Kier molecular flexibility index (Phi) is 5.26. The van der Waals surface area contributed by atoms with Crippen molar-refractivity contribution in [3.05, 3.63) is 47.3 Å². The van der Waals surface area contributed by atoms with Crippen LogP contribution in [-0.2, 0) is 17.4 Å². The molecule has 0 aliphatic rings. The molecule has 0 saturated heterocycles. The molecule has 0 unspecified atom stereocenters. The number of carbonyl (C=O) groups is 1. The molecule has 5 heteroatoms. The van der Waals surface area contributed by atoms with Crippen LogP contribution in [-0.4, -0.2) is 23.1 Å². The number of carbonyl (C=O) groups excluding carboxylic acids is 1. The van der Waals surface area contributed by atoms with Crippen LogP contribution in [0.3, 0.4) is 0 Å². The number of benzene rings is 1. The summed E-state index contributed by atoms with van der Waals surface area (Å²) in [5.41, 5.74) is 3.83. The van der Waals surface area contributed by atoms with E-state index in [0.29, 0.717) is 6.54 Å². The molecule has 2 rings (SSSR count). The summed E-state index contributed by atoms with van der Waals surface area (Å²) in [6.45, 7) is 13.3. The Morgan fingerprint density at radius 1 is 1.12 bits per heavy atom. The summed E-state index contributed by atoms with van der Waals surface area (Å²) >= 11 is 0. The van der Waals surface area contributed by atoms with Gasteiger partial charge in [0.05, 0.1) is 6.54 Å². The van der Waals surface area contributed by atoms with Crippen molar-refractivity contribution in [1.29, 1.82) is 0 Å². The van der Waals surface area contributed by atoms with Crippen LogP contribution in [0.2, 0.25) is 0 Å². The van der Waals surface area contributed by atoms with E-state index in [1.807, 2.05) is 0 Å². The van der Waals surface area contributed by atoms with Gasteiger partial charge in [0.15, 0.2) is 0 Å². The smallest absolute Gasteiger partial charge is 0.321 e. The van der Waals surface area contributed by atoms with Crippen molar-refractivity contribution >= 4 is 11.7 Å². The molecule has 0 fully saturated rings. The van der Waals surface area contributed by atoms with E-state index in [0.717, 1.165) is 16.9 Å². The maximum atomic E-state index is 12.6. The van der Waals surface area contributed by atoms with E-state index in [4.69, 9.17) is 4.52 Å². The molecule has 1 aromatic heterocycles. The largest absolute Gasteiger partial charge is 0.364 e. The summed E-state index contributed by atoms with van der Waals surface area (Å²) in [4.78, 5) is 14.2. The number of urea groups is 1. The predicted molar refractivity (Wildman–Crippen MR) is 101 cm³/mol. The minimum atomic E-state index is -0.167. The molecule has 0 saturated carbocycles. The van der Waals surface area contributed by atoms with Crippen LogP contribution < -0.4 is 5.32 Å². The monoisotopic (exact) mass is 343 g/mol. The van der Waals surface area contributed by atoms with Gasteiger partial charge in [-0.15, -0.1) is 0 Å². The van der Waals surface area contributed by atoms with Crippen LogP contribution in [0.15, 0.2) is 35.1 Å². The second-order valence-electron chi connectivity index (χ2n) is 8.54. The molecular weight excluding hydrogens is 314 g/mol. The van der Waals surface area contributed by atoms with Gasteiger partial charge in [0.1, 0.15) is 12.0 Å². The topological polar surface area (TPSA) is 58.4 Å². The summed E-state index contributed by atoms with van der Waals surface area (Å²) in [7, 11) is 1.74. The zero-order chi connectivity index (χ0) is 18.8. The molecule has 25 heavy (non-hydrogen) atoms. The number of hydrogen-bond donors (Lipinski definition) is 1. The molecule has 1 N–H and O–H groups in total. The van der Waals surface area contributed by atoms with E-state index in [1.165, 1.54) is 11.8 Å². The van der Waals surface area contributed by atoms with Crippen LogP contribution >= 0.6 is 0 Å². The summed E-state index contributed by atoms with van der Waals surface area (Å²) in [5, 5.41) is 6.92. The molecule has 2 aromatic rings. The number of nitrogens with zero attached hydrogens (tertiary/aromatic N) is 2. The van der Waals surface area contributed by atoms with E-state index in [9.17, 15) is 4.79 Å². The lowest BCUT2D eigenvalue weighted by Gasteiger charge is -2.28. The van der Waals surface area contributed by atoms with E-state index < -0.39 is 0 Å². The van der Waals surface area contributed by atoms with Crippen molar-refractivity contribution in [3.63, 3.8) is 0 Å². The van der Waals surface area contributed by atoms with Crippen molar-refractivity contribution in [2.45, 2.75) is 58.9 Å². The van der Waals surface area contributed by atoms with Crippen molar-refractivity contribution < 1.29 is 9.32 Å². The highest BCUT2D eigenvalue weighted by Crippen LogP contribution is 2.34. The zero-order valence-corrected chi connectivity index (χ0v) is 16.3. The van der Waals surface area contributed by atoms with Gasteiger partial charge in [-0.1, -0.05) is 58.8 Å². The van der Waals surface area contributed by atoms with Crippen LogP contribution in [0.5, 0.6) is 0 Å². The number of amides is 2. The molecule has 136 valence electrons. The molecule has 0 bridgehead atoms. The molecule has 1 heterocycles. The highest BCUT2D eigenvalue weighted by Gasteiger charge is 2.23. The Bertz CT molecular complexity index is 722. The molecule has 1 aromatic carbocycles. The van der Waals surface area contributed by atoms with Crippen molar-refractivity contribution in [3.8, 4) is 0 Å². The van der Waals surface area contributed by atoms with Gasteiger partial charge in [0.2, 0.25) is 0 Å². The van der Waals surface area contributed by atoms with Gasteiger partial charge >= 0.3 is 6.03 Å². The third kappa shape index (κ3) is 4.84. The molecule has 5 nitrogen and oxygen atoms in total. The van der Waals surface area contributed by atoms with Crippen molar-refractivity contribution in [2.24, 2.45) is 0 Å². The molecule has 0 aliphatic carbocycles. The van der Waals surface area contributed by atoms with E-state index >= 15 is 0 Å². The fourth-order valence-corrected chi connectivity index (χ4v) is 2.61. The number of nitrogens with one attached hydrogen (secondary N) is 1.